The fourth-order valence-electron chi connectivity index (χ4n) is 5.38. The predicted octanol–water partition coefficient (Wildman–Crippen LogP) is 4.61. The molecule has 0 spiro atoms. The molecule has 0 aliphatic carbocycles. The number of carboxylic acids is 1. The number of anilines is 2. The number of methoxy groups -OCH3 is 3. The van der Waals surface area contributed by atoms with Gasteiger partial charge in [-0.1, -0.05) is 24.3 Å². The van der Waals surface area contributed by atoms with E-state index in [1.54, 1.807) is 50.6 Å². The number of carbonyl (C=O) groups is 2. The van der Waals surface area contributed by atoms with Crippen LogP contribution in [0.2, 0.25) is 0 Å². The van der Waals surface area contributed by atoms with Gasteiger partial charge in [-0.05, 0) is 88.4 Å². The van der Waals surface area contributed by atoms with Gasteiger partial charge in [0.15, 0.2) is 11.6 Å². The summed E-state index contributed by atoms with van der Waals surface area (Å²) >= 11 is 0. The van der Waals surface area contributed by atoms with Gasteiger partial charge in [0.1, 0.15) is 22.9 Å². The van der Waals surface area contributed by atoms with E-state index in [0.29, 0.717) is 33.4 Å². The minimum Gasteiger partial charge on any atom is -0.870 e. The molecule has 0 bridgehead atoms. The number of aromatic carboxylic acids is 1. The summed E-state index contributed by atoms with van der Waals surface area (Å²) in [6.07, 6.45) is 0. The Hall–Kier alpha value is -5.34. The van der Waals surface area contributed by atoms with E-state index in [1.165, 1.54) is 7.11 Å². The second kappa shape index (κ2) is 19.3. The maximum atomic E-state index is 11.8. The summed E-state index contributed by atoms with van der Waals surface area (Å²) < 4.78 is 15.5. The molecule has 282 valence electrons. The monoisotopic (exact) mass is 756 g/mol. The Morgan fingerprint density at radius 1 is 0.600 bits per heavy atom. The van der Waals surface area contributed by atoms with Crippen molar-refractivity contribution >= 4 is 45.6 Å². The molecule has 2 aromatic heterocycles. The number of aromatic nitrogens is 4. The van der Waals surface area contributed by atoms with E-state index in [4.69, 9.17) is 34.1 Å². The van der Waals surface area contributed by atoms with Gasteiger partial charge in [-0.25, -0.2) is 29.5 Å². The molecule has 0 aliphatic heterocycles. The summed E-state index contributed by atoms with van der Waals surface area (Å²) in [5.74, 6) is 1.56. The largest absolute Gasteiger partial charge is 1.00 e. The van der Waals surface area contributed by atoms with Crippen molar-refractivity contribution in [3.63, 3.8) is 0 Å². The third kappa shape index (κ3) is 10.1. The zero-order chi connectivity index (χ0) is 38.4. The van der Waals surface area contributed by atoms with E-state index in [1.807, 2.05) is 67.5 Å². The maximum absolute atomic E-state index is 11.8. The fraction of sp³-hybridized carbons (Fsp3) is 0.268. The van der Waals surface area contributed by atoms with Crippen LogP contribution in [0.5, 0.6) is 11.5 Å². The SMILES string of the molecule is COC(=O)c1ccc2nc(-c3cccc(OC)c3)c(N(C)C(C)C)nc2c1.COc1cccc(-c2nc3ccc(C(=O)O)cc3nc2N(C)C(C)C)c1.[Na+].[OH-]. The van der Waals surface area contributed by atoms with Crippen molar-refractivity contribution < 1.29 is 63.9 Å². The molecule has 0 aliphatic rings. The molecular formula is C41H45N6NaO7. The van der Waals surface area contributed by atoms with Gasteiger partial charge in [0.05, 0.1) is 54.5 Å². The van der Waals surface area contributed by atoms with Crippen molar-refractivity contribution in [2.45, 2.75) is 39.8 Å². The topological polar surface area (TPSA) is 170 Å². The minimum atomic E-state index is -0.982. The molecule has 55 heavy (non-hydrogen) atoms. The first-order valence-corrected chi connectivity index (χ1v) is 17.0. The van der Waals surface area contributed by atoms with Crippen LogP contribution in [0, 0.1) is 0 Å². The smallest absolute Gasteiger partial charge is 0.870 e. The average molecular weight is 757 g/mol. The van der Waals surface area contributed by atoms with Crippen LogP contribution in [0.15, 0.2) is 84.9 Å². The van der Waals surface area contributed by atoms with Gasteiger partial charge in [0, 0.05) is 37.3 Å². The Labute approximate surface area is 342 Å². The molecule has 6 aromatic rings. The van der Waals surface area contributed by atoms with Gasteiger partial charge in [-0.3, -0.25) is 0 Å². The Morgan fingerprint density at radius 3 is 1.40 bits per heavy atom. The van der Waals surface area contributed by atoms with Crippen LogP contribution in [0.25, 0.3) is 44.6 Å². The number of carboxylic acid groups (broad SMARTS) is 1. The Bertz CT molecular complexity index is 2280. The summed E-state index contributed by atoms with van der Waals surface area (Å²) in [7, 11) is 8.56. The first kappa shape index (κ1) is 44.1. The minimum absolute atomic E-state index is 0. The first-order valence-electron chi connectivity index (χ1n) is 17.0. The van der Waals surface area contributed by atoms with Gasteiger partial charge < -0.3 is 34.6 Å². The van der Waals surface area contributed by atoms with E-state index in [0.717, 1.165) is 39.8 Å². The van der Waals surface area contributed by atoms with Crippen LogP contribution >= 0.6 is 0 Å². The van der Waals surface area contributed by atoms with Gasteiger partial charge in [0.2, 0.25) is 0 Å². The van der Waals surface area contributed by atoms with Gasteiger partial charge in [-0.15, -0.1) is 0 Å². The standard InChI is InChI=1S/C21H23N3O3.C20H21N3O3.Na.H2O/c1-13(2)24(3)20-19(14-7-6-8-16(11-14)26-4)22-17-10-9-15(21(25)27-5)12-18(17)23-20;1-12(2)23(3)19-18(13-6-5-7-15(10-13)26-4)21-16-9-8-14(20(24)25)11-17(16)22-19;;/h6-13H,1-5H3;5-12H,1-4H3,(H,24,25);;1H2/q;;+1;/p-1. The second-order valence-corrected chi connectivity index (χ2v) is 12.9. The summed E-state index contributed by atoms with van der Waals surface area (Å²) in [5.41, 5.74) is 6.51. The quantitative estimate of drug-likeness (QED) is 0.152. The summed E-state index contributed by atoms with van der Waals surface area (Å²) in [4.78, 5) is 46.4. The predicted molar refractivity (Wildman–Crippen MR) is 210 cm³/mol. The van der Waals surface area contributed by atoms with Gasteiger partial charge >= 0.3 is 41.5 Å². The Kier molecular flexibility index (Phi) is 15.5. The normalized spacial score (nSPS) is 10.5. The second-order valence-electron chi connectivity index (χ2n) is 12.9. The van der Waals surface area contributed by atoms with E-state index < -0.39 is 11.9 Å². The van der Waals surface area contributed by atoms with Crippen LogP contribution in [0.4, 0.5) is 11.6 Å². The van der Waals surface area contributed by atoms with Crippen molar-refractivity contribution in [3.8, 4) is 34.0 Å². The molecule has 0 amide bonds. The first-order chi connectivity index (χ1) is 25.3. The molecule has 4 aromatic carbocycles. The number of carbonyl (C=O) groups excluding carboxylic acids is 1. The molecule has 0 fully saturated rings. The molecule has 13 nitrogen and oxygen atoms in total. The molecule has 6 rings (SSSR count). The van der Waals surface area contributed by atoms with Gasteiger partial charge in [0.25, 0.3) is 0 Å². The molecule has 14 heteroatoms. The molecule has 2 heterocycles. The third-order valence-corrected chi connectivity index (χ3v) is 8.86. The zero-order valence-corrected chi connectivity index (χ0v) is 34.9. The van der Waals surface area contributed by atoms with E-state index in [9.17, 15) is 14.7 Å². The molecule has 0 radical (unpaired) electrons. The van der Waals surface area contributed by atoms with Crippen LogP contribution < -0.4 is 48.8 Å². The van der Waals surface area contributed by atoms with Gasteiger partial charge in [-0.2, -0.15) is 0 Å². The van der Waals surface area contributed by atoms with Crippen molar-refractivity contribution in [1.82, 2.24) is 19.9 Å². The van der Waals surface area contributed by atoms with Crippen molar-refractivity contribution in [2.24, 2.45) is 0 Å². The van der Waals surface area contributed by atoms with Crippen LogP contribution in [-0.2, 0) is 4.74 Å². The average Bonchev–Trinajstić information content (AvgIpc) is 3.18. The molecule has 0 atom stereocenters. The molecule has 0 unspecified atom stereocenters. The number of ether oxygens (including phenoxy) is 3. The molecule has 0 saturated carbocycles. The number of nitrogens with zero attached hydrogens (tertiary/aromatic N) is 6. The number of benzene rings is 4. The molecular weight excluding hydrogens is 711 g/mol. The number of hydrogen-bond donors (Lipinski definition) is 1. The Morgan fingerprint density at radius 2 is 1.02 bits per heavy atom. The molecule has 0 saturated heterocycles. The van der Waals surface area contributed by atoms with Crippen molar-refractivity contribution in [2.75, 3.05) is 45.2 Å². The number of rotatable bonds is 10. The van der Waals surface area contributed by atoms with Crippen molar-refractivity contribution in [1.29, 1.82) is 0 Å². The third-order valence-electron chi connectivity index (χ3n) is 8.86. The maximum Gasteiger partial charge on any atom is 1.00 e. The summed E-state index contributed by atoms with van der Waals surface area (Å²) in [6, 6.07) is 25.8. The van der Waals surface area contributed by atoms with Crippen LogP contribution in [-0.4, -0.2) is 90.0 Å². The fourth-order valence-corrected chi connectivity index (χ4v) is 5.38. The summed E-state index contributed by atoms with van der Waals surface area (Å²) in [6.45, 7) is 8.31. The number of esters is 1. The Balaban J connectivity index is 0.000000285. The zero-order valence-electron chi connectivity index (χ0n) is 32.9. The summed E-state index contributed by atoms with van der Waals surface area (Å²) in [5, 5.41) is 9.23. The van der Waals surface area contributed by atoms with Crippen LogP contribution in [0.1, 0.15) is 48.4 Å². The van der Waals surface area contributed by atoms with E-state index >= 15 is 0 Å². The van der Waals surface area contributed by atoms with E-state index in [2.05, 4.69) is 32.6 Å². The molecule has 2 N–H and O–H groups in total. The number of hydrogen-bond acceptors (Lipinski definition) is 12. The van der Waals surface area contributed by atoms with Crippen LogP contribution in [0.3, 0.4) is 0 Å². The number of fused-ring (bicyclic) bond motifs is 2. The van der Waals surface area contributed by atoms with Crippen molar-refractivity contribution in [3.05, 3.63) is 96.1 Å². The van der Waals surface area contributed by atoms with E-state index in [-0.39, 0.29) is 52.7 Å².